The third kappa shape index (κ3) is 3.28. The van der Waals surface area contributed by atoms with Crippen LogP contribution in [0.1, 0.15) is 18.5 Å². The Morgan fingerprint density at radius 3 is 2.70 bits per heavy atom. The first-order chi connectivity index (χ1) is 11.0. The van der Waals surface area contributed by atoms with Gasteiger partial charge >= 0.3 is 0 Å². The van der Waals surface area contributed by atoms with Crippen LogP contribution in [0.3, 0.4) is 0 Å². The molecule has 7 heteroatoms. The zero-order valence-corrected chi connectivity index (χ0v) is 13.3. The van der Waals surface area contributed by atoms with Crippen LogP contribution in [-0.4, -0.2) is 37.3 Å². The summed E-state index contributed by atoms with van der Waals surface area (Å²) >= 11 is 0. The number of nitrogens with one attached hydrogen (secondary N) is 1. The molecule has 2 heterocycles. The topological polar surface area (TPSA) is 59.5 Å². The fraction of sp³-hybridized carbons (Fsp3) is 0.375. The summed E-state index contributed by atoms with van der Waals surface area (Å²) in [6, 6.07) is 5.72. The van der Waals surface area contributed by atoms with E-state index in [0.29, 0.717) is 19.2 Å². The molecule has 1 aromatic heterocycles. The molecule has 0 bridgehead atoms. The molecule has 122 valence electrons. The predicted octanol–water partition coefficient (Wildman–Crippen LogP) is 2.63. The van der Waals surface area contributed by atoms with Crippen LogP contribution in [0.5, 0.6) is 11.5 Å². The molecule has 1 N–H and O–H groups in total. The summed E-state index contributed by atoms with van der Waals surface area (Å²) in [5.41, 5.74) is 1.01. The average Bonchev–Trinajstić information content (AvgIpc) is 2.55. The summed E-state index contributed by atoms with van der Waals surface area (Å²) in [7, 11) is 3.47. The van der Waals surface area contributed by atoms with Crippen LogP contribution in [0.4, 0.5) is 16.2 Å². The van der Waals surface area contributed by atoms with Crippen molar-refractivity contribution in [3.63, 3.8) is 0 Å². The van der Waals surface area contributed by atoms with Gasteiger partial charge in [-0.3, -0.25) is 0 Å². The van der Waals surface area contributed by atoms with Crippen molar-refractivity contribution in [2.24, 2.45) is 0 Å². The Labute approximate surface area is 134 Å². The largest absolute Gasteiger partial charge is 0.486 e. The van der Waals surface area contributed by atoms with E-state index in [4.69, 9.17) is 9.47 Å². The zero-order chi connectivity index (χ0) is 16.4. The summed E-state index contributed by atoms with van der Waals surface area (Å²) in [4.78, 5) is 9.80. The van der Waals surface area contributed by atoms with Crippen LogP contribution >= 0.6 is 0 Å². The van der Waals surface area contributed by atoms with Crippen molar-refractivity contribution >= 4 is 11.8 Å². The Kier molecular flexibility index (Phi) is 4.18. The smallest absolute Gasteiger partial charge is 0.225 e. The molecule has 0 saturated heterocycles. The van der Waals surface area contributed by atoms with Gasteiger partial charge in [-0.2, -0.15) is 4.98 Å². The van der Waals surface area contributed by atoms with Crippen molar-refractivity contribution in [1.82, 2.24) is 9.97 Å². The van der Waals surface area contributed by atoms with E-state index in [9.17, 15) is 4.39 Å². The van der Waals surface area contributed by atoms with Gasteiger partial charge in [-0.05, 0) is 24.6 Å². The molecule has 0 spiro atoms. The minimum Gasteiger partial charge on any atom is -0.486 e. The van der Waals surface area contributed by atoms with E-state index in [1.54, 1.807) is 19.0 Å². The van der Waals surface area contributed by atoms with Crippen LogP contribution in [0.15, 0.2) is 24.4 Å². The molecule has 0 unspecified atom stereocenters. The Balaban J connectivity index is 1.79. The van der Waals surface area contributed by atoms with E-state index in [2.05, 4.69) is 15.3 Å². The fourth-order valence-corrected chi connectivity index (χ4v) is 2.35. The molecule has 23 heavy (non-hydrogen) atoms. The number of hydrogen-bond donors (Lipinski definition) is 1. The molecular weight excluding hydrogens is 299 g/mol. The summed E-state index contributed by atoms with van der Waals surface area (Å²) < 4.78 is 24.7. The Morgan fingerprint density at radius 1 is 1.22 bits per heavy atom. The highest BCUT2D eigenvalue weighted by Crippen LogP contribution is 2.33. The molecule has 0 amide bonds. The van der Waals surface area contributed by atoms with Crippen molar-refractivity contribution in [2.75, 3.05) is 37.5 Å². The highest BCUT2D eigenvalue weighted by molar-refractivity contribution is 5.47. The van der Waals surface area contributed by atoms with Crippen molar-refractivity contribution < 1.29 is 13.9 Å². The van der Waals surface area contributed by atoms with Gasteiger partial charge in [-0.1, -0.05) is 6.07 Å². The Bertz CT molecular complexity index is 708. The van der Waals surface area contributed by atoms with Crippen LogP contribution in [0, 0.1) is 5.82 Å². The molecule has 0 fully saturated rings. The SMILES string of the molecule is C[C@H](Nc1ncc(F)c(N(C)C)n1)c1ccc2c(c1)OCCO2. The lowest BCUT2D eigenvalue weighted by atomic mass is 10.1. The number of rotatable bonds is 4. The summed E-state index contributed by atoms with van der Waals surface area (Å²) in [6.45, 7) is 3.09. The molecular formula is C16H19FN4O2. The van der Waals surface area contributed by atoms with Crippen LogP contribution < -0.4 is 19.7 Å². The molecule has 0 radical (unpaired) electrons. The van der Waals surface area contributed by atoms with E-state index in [0.717, 1.165) is 17.1 Å². The molecule has 6 nitrogen and oxygen atoms in total. The number of fused-ring (bicyclic) bond motifs is 1. The highest BCUT2D eigenvalue weighted by Gasteiger charge is 2.16. The second-order valence-corrected chi connectivity index (χ2v) is 5.53. The fourth-order valence-electron chi connectivity index (χ4n) is 2.35. The lowest BCUT2D eigenvalue weighted by Crippen LogP contribution is -2.17. The van der Waals surface area contributed by atoms with Gasteiger partial charge in [0.15, 0.2) is 23.1 Å². The summed E-state index contributed by atoms with van der Waals surface area (Å²) in [6.07, 6.45) is 1.17. The quantitative estimate of drug-likeness (QED) is 0.935. The summed E-state index contributed by atoms with van der Waals surface area (Å²) in [5.74, 6) is 1.65. The number of ether oxygens (including phenoxy) is 2. The maximum absolute atomic E-state index is 13.6. The van der Waals surface area contributed by atoms with Gasteiger partial charge in [0.25, 0.3) is 0 Å². The molecule has 1 atom stereocenters. The molecule has 0 aliphatic carbocycles. The normalized spacial score (nSPS) is 14.3. The molecule has 2 aromatic rings. The van der Waals surface area contributed by atoms with Crippen molar-refractivity contribution in [2.45, 2.75) is 13.0 Å². The van der Waals surface area contributed by atoms with Gasteiger partial charge in [0.05, 0.1) is 12.2 Å². The minimum atomic E-state index is -0.451. The Morgan fingerprint density at radius 2 is 1.96 bits per heavy atom. The maximum atomic E-state index is 13.6. The molecule has 1 aromatic carbocycles. The number of aromatic nitrogens is 2. The third-order valence-corrected chi connectivity index (χ3v) is 3.56. The van der Waals surface area contributed by atoms with Crippen molar-refractivity contribution in [1.29, 1.82) is 0 Å². The van der Waals surface area contributed by atoms with E-state index < -0.39 is 5.82 Å². The van der Waals surface area contributed by atoms with Gasteiger partial charge in [-0.25, -0.2) is 9.37 Å². The predicted molar refractivity (Wildman–Crippen MR) is 85.8 cm³/mol. The number of nitrogens with zero attached hydrogens (tertiary/aromatic N) is 3. The number of benzene rings is 1. The van der Waals surface area contributed by atoms with Gasteiger partial charge in [0, 0.05) is 14.1 Å². The summed E-state index contributed by atoms with van der Waals surface area (Å²) in [5, 5.41) is 3.18. The van der Waals surface area contributed by atoms with Gasteiger partial charge in [-0.15, -0.1) is 0 Å². The second kappa shape index (κ2) is 6.28. The van der Waals surface area contributed by atoms with Gasteiger partial charge in [0.2, 0.25) is 5.95 Å². The first-order valence-corrected chi connectivity index (χ1v) is 7.40. The van der Waals surface area contributed by atoms with Gasteiger partial charge < -0.3 is 19.7 Å². The first kappa shape index (κ1) is 15.3. The van der Waals surface area contributed by atoms with Crippen LogP contribution in [0.25, 0.3) is 0 Å². The number of anilines is 2. The van der Waals surface area contributed by atoms with E-state index in [-0.39, 0.29) is 11.9 Å². The average molecular weight is 318 g/mol. The van der Waals surface area contributed by atoms with Gasteiger partial charge in [0.1, 0.15) is 13.2 Å². The lowest BCUT2D eigenvalue weighted by Gasteiger charge is -2.21. The third-order valence-electron chi connectivity index (χ3n) is 3.56. The minimum absolute atomic E-state index is 0.0636. The lowest BCUT2D eigenvalue weighted by molar-refractivity contribution is 0.171. The first-order valence-electron chi connectivity index (χ1n) is 7.40. The standard InChI is InChI=1S/C16H19FN4O2/c1-10(11-4-5-13-14(8-11)23-7-6-22-13)19-16-18-9-12(17)15(20-16)21(2)3/h4-5,8-10H,6-7H2,1-3H3,(H,18,19,20)/t10-/m0/s1. The van der Waals surface area contributed by atoms with Crippen LogP contribution in [0.2, 0.25) is 0 Å². The Hall–Kier alpha value is -2.57. The van der Waals surface area contributed by atoms with E-state index in [1.165, 1.54) is 6.20 Å². The van der Waals surface area contributed by atoms with E-state index >= 15 is 0 Å². The molecule has 0 saturated carbocycles. The van der Waals surface area contributed by atoms with Crippen molar-refractivity contribution in [3.8, 4) is 11.5 Å². The molecule has 1 aliphatic heterocycles. The number of halogens is 1. The maximum Gasteiger partial charge on any atom is 0.225 e. The van der Waals surface area contributed by atoms with Crippen molar-refractivity contribution in [3.05, 3.63) is 35.8 Å². The zero-order valence-electron chi connectivity index (χ0n) is 13.3. The highest BCUT2D eigenvalue weighted by atomic mass is 19.1. The number of hydrogen-bond acceptors (Lipinski definition) is 6. The molecule has 3 rings (SSSR count). The monoisotopic (exact) mass is 318 g/mol. The second-order valence-electron chi connectivity index (χ2n) is 5.53. The van der Waals surface area contributed by atoms with Crippen LogP contribution in [-0.2, 0) is 0 Å². The van der Waals surface area contributed by atoms with E-state index in [1.807, 2.05) is 25.1 Å². The molecule has 1 aliphatic rings.